The number of hydrogen-bond donors (Lipinski definition) is 0. The van der Waals surface area contributed by atoms with Crippen LogP contribution in [0.1, 0.15) is 19.4 Å². The standard InChI is InChI=1S/C11H13O3PS/c1-9-10(2)14-15(12,13-9)16-8-11-6-4-3-5-7-11/h3-7H,8H2,1-2H3. The molecule has 0 spiro atoms. The quantitative estimate of drug-likeness (QED) is 0.754. The van der Waals surface area contributed by atoms with E-state index in [1.54, 1.807) is 13.8 Å². The van der Waals surface area contributed by atoms with Crippen LogP contribution in [0.25, 0.3) is 0 Å². The molecule has 0 unspecified atom stereocenters. The molecule has 5 heteroatoms. The number of allylic oxidation sites excluding steroid dienone is 2. The topological polar surface area (TPSA) is 35.5 Å². The molecule has 0 radical (unpaired) electrons. The molecule has 0 N–H and O–H groups in total. The van der Waals surface area contributed by atoms with E-state index >= 15 is 0 Å². The smallest absolute Gasteiger partial charge is 0.410 e. The minimum Gasteiger partial charge on any atom is -0.410 e. The van der Waals surface area contributed by atoms with Crippen molar-refractivity contribution >= 4 is 18.2 Å². The highest BCUT2D eigenvalue weighted by atomic mass is 32.7. The van der Waals surface area contributed by atoms with Crippen LogP contribution in [0.2, 0.25) is 0 Å². The second kappa shape index (κ2) is 4.56. The fourth-order valence-corrected chi connectivity index (χ4v) is 4.74. The SMILES string of the molecule is CC1=C(C)OP(=O)(SCc2ccccc2)O1. The first kappa shape index (κ1) is 11.6. The molecule has 0 saturated heterocycles. The van der Waals surface area contributed by atoms with E-state index in [2.05, 4.69) is 0 Å². The summed E-state index contributed by atoms with van der Waals surface area (Å²) in [6.07, 6.45) is 0. The van der Waals surface area contributed by atoms with Gasteiger partial charge in [0.15, 0.2) is 0 Å². The van der Waals surface area contributed by atoms with Crippen molar-refractivity contribution in [2.75, 3.05) is 0 Å². The normalized spacial score (nSPS) is 18.1. The summed E-state index contributed by atoms with van der Waals surface area (Å²) in [5, 5.41) is 0. The van der Waals surface area contributed by atoms with Crippen molar-refractivity contribution in [3.8, 4) is 0 Å². The highest BCUT2D eigenvalue weighted by Crippen LogP contribution is 2.67. The third-order valence-electron chi connectivity index (χ3n) is 2.23. The van der Waals surface area contributed by atoms with E-state index < -0.39 is 6.80 Å². The largest absolute Gasteiger partial charge is 0.492 e. The molecule has 0 atom stereocenters. The van der Waals surface area contributed by atoms with Crippen molar-refractivity contribution in [1.82, 2.24) is 0 Å². The van der Waals surface area contributed by atoms with E-state index in [0.717, 1.165) is 5.56 Å². The molecule has 86 valence electrons. The van der Waals surface area contributed by atoms with Crippen molar-refractivity contribution in [3.63, 3.8) is 0 Å². The van der Waals surface area contributed by atoms with Crippen LogP contribution < -0.4 is 0 Å². The van der Waals surface area contributed by atoms with Gasteiger partial charge in [-0.05, 0) is 30.8 Å². The van der Waals surface area contributed by atoms with Crippen molar-refractivity contribution in [2.45, 2.75) is 19.6 Å². The molecule has 1 aromatic rings. The predicted molar refractivity (Wildman–Crippen MR) is 65.9 cm³/mol. The molecule has 1 aromatic carbocycles. The van der Waals surface area contributed by atoms with Crippen LogP contribution in [0.4, 0.5) is 0 Å². The van der Waals surface area contributed by atoms with Gasteiger partial charge in [0.05, 0.1) is 0 Å². The van der Waals surface area contributed by atoms with Gasteiger partial charge in [0, 0.05) is 5.75 Å². The molecule has 0 aliphatic carbocycles. The predicted octanol–water partition coefficient (Wildman–Crippen LogP) is 4.33. The Balaban J connectivity index is 1.96. The molecule has 0 fully saturated rings. The molecule has 0 aromatic heterocycles. The summed E-state index contributed by atoms with van der Waals surface area (Å²) in [5.41, 5.74) is 1.11. The van der Waals surface area contributed by atoms with E-state index in [0.29, 0.717) is 17.3 Å². The number of benzene rings is 1. The minimum absolute atomic E-state index is 0.615. The summed E-state index contributed by atoms with van der Waals surface area (Å²) >= 11 is 1.22. The van der Waals surface area contributed by atoms with Crippen LogP contribution in [-0.2, 0) is 19.4 Å². The van der Waals surface area contributed by atoms with E-state index in [4.69, 9.17) is 9.05 Å². The average Bonchev–Trinajstić information content (AvgIpc) is 2.53. The van der Waals surface area contributed by atoms with Gasteiger partial charge in [-0.3, -0.25) is 0 Å². The third-order valence-corrected chi connectivity index (χ3v) is 5.78. The average molecular weight is 256 g/mol. The van der Waals surface area contributed by atoms with E-state index in [-0.39, 0.29) is 0 Å². The molecule has 0 saturated carbocycles. The van der Waals surface area contributed by atoms with Crippen LogP contribution in [0, 0.1) is 0 Å². The highest BCUT2D eigenvalue weighted by molar-refractivity contribution is 8.54. The number of hydrogen-bond acceptors (Lipinski definition) is 4. The van der Waals surface area contributed by atoms with Gasteiger partial charge in [0.1, 0.15) is 11.5 Å². The van der Waals surface area contributed by atoms with Gasteiger partial charge < -0.3 is 9.05 Å². The van der Waals surface area contributed by atoms with Crippen LogP contribution in [-0.4, -0.2) is 0 Å². The first-order chi connectivity index (χ1) is 7.59. The maximum Gasteiger partial charge on any atom is 0.492 e. The van der Waals surface area contributed by atoms with Gasteiger partial charge in [-0.15, -0.1) is 0 Å². The van der Waals surface area contributed by atoms with E-state index in [1.165, 1.54) is 11.4 Å². The van der Waals surface area contributed by atoms with Gasteiger partial charge in [-0.2, -0.15) is 0 Å². The summed E-state index contributed by atoms with van der Waals surface area (Å²) in [6.45, 7) is 0.519. The van der Waals surface area contributed by atoms with Crippen molar-refractivity contribution in [3.05, 3.63) is 47.4 Å². The van der Waals surface area contributed by atoms with Crippen molar-refractivity contribution in [2.24, 2.45) is 0 Å². The minimum atomic E-state index is -3.01. The van der Waals surface area contributed by atoms with Crippen LogP contribution in [0.3, 0.4) is 0 Å². The highest BCUT2D eigenvalue weighted by Gasteiger charge is 2.35. The lowest BCUT2D eigenvalue weighted by atomic mass is 10.2. The van der Waals surface area contributed by atoms with Crippen molar-refractivity contribution in [1.29, 1.82) is 0 Å². The third kappa shape index (κ3) is 2.63. The Morgan fingerprint density at radius 2 is 1.69 bits per heavy atom. The lowest BCUT2D eigenvalue weighted by molar-refractivity contribution is 0.374. The van der Waals surface area contributed by atoms with Gasteiger partial charge in [0.2, 0.25) is 0 Å². The molecular weight excluding hydrogens is 243 g/mol. The maximum atomic E-state index is 12.1. The lowest BCUT2D eigenvalue weighted by Gasteiger charge is -2.09. The lowest BCUT2D eigenvalue weighted by Crippen LogP contribution is -1.81. The first-order valence-corrected chi connectivity index (χ1v) is 8.07. The fourth-order valence-electron chi connectivity index (χ4n) is 1.26. The summed E-state index contributed by atoms with van der Waals surface area (Å²) in [5.74, 6) is 1.85. The molecule has 0 amide bonds. The molecule has 3 nitrogen and oxygen atoms in total. The summed E-state index contributed by atoms with van der Waals surface area (Å²) < 4.78 is 22.6. The zero-order valence-electron chi connectivity index (χ0n) is 9.17. The summed E-state index contributed by atoms with van der Waals surface area (Å²) in [7, 11) is 0. The monoisotopic (exact) mass is 256 g/mol. The Morgan fingerprint density at radius 1 is 1.12 bits per heavy atom. The second-order valence-corrected chi connectivity index (χ2v) is 7.42. The van der Waals surface area contributed by atoms with Crippen LogP contribution in [0.15, 0.2) is 41.9 Å². The van der Waals surface area contributed by atoms with Gasteiger partial charge in [0.25, 0.3) is 0 Å². The Hall–Kier alpha value is -0.860. The first-order valence-electron chi connectivity index (χ1n) is 4.94. The van der Waals surface area contributed by atoms with Gasteiger partial charge in [-0.25, -0.2) is 4.57 Å². The Bertz CT molecular complexity index is 438. The second-order valence-electron chi connectivity index (χ2n) is 3.50. The summed E-state index contributed by atoms with van der Waals surface area (Å²) in [4.78, 5) is 0. The number of rotatable bonds is 3. The van der Waals surface area contributed by atoms with Crippen molar-refractivity contribution < 1.29 is 13.6 Å². The Morgan fingerprint density at radius 3 is 2.25 bits per heavy atom. The summed E-state index contributed by atoms with van der Waals surface area (Å²) in [6, 6.07) is 9.84. The van der Waals surface area contributed by atoms with Crippen LogP contribution >= 0.6 is 18.2 Å². The molecule has 1 heterocycles. The Labute approximate surface area is 99.1 Å². The van der Waals surface area contributed by atoms with E-state index in [9.17, 15) is 4.57 Å². The zero-order valence-corrected chi connectivity index (χ0v) is 10.9. The zero-order chi connectivity index (χ0) is 11.6. The molecule has 0 bridgehead atoms. The van der Waals surface area contributed by atoms with Gasteiger partial charge in [-0.1, -0.05) is 30.3 Å². The molecule has 2 rings (SSSR count). The Kier molecular flexibility index (Phi) is 3.31. The fraction of sp³-hybridized carbons (Fsp3) is 0.273. The van der Waals surface area contributed by atoms with Crippen LogP contribution in [0.5, 0.6) is 0 Å². The molecule has 1 aliphatic rings. The molecule has 16 heavy (non-hydrogen) atoms. The molecule has 1 aliphatic heterocycles. The van der Waals surface area contributed by atoms with Gasteiger partial charge >= 0.3 is 6.80 Å². The molecular formula is C11H13O3PS. The maximum absolute atomic E-state index is 12.1. The van der Waals surface area contributed by atoms with E-state index in [1.807, 2.05) is 30.3 Å².